The minimum absolute atomic E-state index is 0.0665. The highest BCUT2D eigenvalue weighted by molar-refractivity contribution is 5.54. The van der Waals surface area contributed by atoms with Crippen LogP contribution in [0.4, 0.5) is 22.0 Å². The normalized spacial score (nSPS) is 9.94. The van der Waals surface area contributed by atoms with Crippen LogP contribution >= 0.6 is 0 Å². The summed E-state index contributed by atoms with van der Waals surface area (Å²) < 4.78 is 18.3. The minimum Gasteiger partial charge on any atom is -0.467 e. The van der Waals surface area contributed by atoms with Gasteiger partial charge in [0, 0.05) is 0 Å². The zero-order chi connectivity index (χ0) is 13.0. The number of benzene rings is 1. The van der Waals surface area contributed by atoms with Gasteiger partial charge in [-0.05, 0) is 12.1 Å². The maximum atomic E-state index is 13.4. The lowest BCUT2D eigenvalue weighted by Gasteiger charge is -2.08. The van der Waals surface area contributed by atoms with E-state index in [-0.39, 0.29) is 23.6 Å². The third-order valence-electron chi connectivity index (χ3n) is 2.05. The van der Waals surface area contributed by atoms with E-state index < -0.39 is 5.82 Å². The second-order valence-corrected chi connectivity index (χ2v) is 3.22. The maximum absolute atomic E-state index is 13.4. The molecule has 1 aromatic heterocycles. The van der Waals surface area contributed by atoms with Gasteiger partial charge in [0.25, 0.3) is 0 Å². The smallest absolute Gasteiger partial charge is 0.322 e. The predicted molar refractivity (Wildman–Crippen MR) is 63.9 cm³/mol. The average Bonchev–Trinajstić information content (AvgIpc) is 2.41. The largest absolute Gasteiger partial charge is 0.467 e. The Labute approximate surface area is 102 Å². The number of nitrogens with one attached hydrogen (secondary N) is 2. The number of hydrogen-bond acceptors (Lipinski definition) is 7. The molecule has 0 atom stereocenters. The number of anilines is 3. The molecule has 0 spiro atoms. The summed E-state index contributed by atoms with van der Waals surface area (Å²) in [6.07, 6.45) is 0. The number of hydrazine groups is 1. The molecule has 7 nitrogen and oxygen atoms in total. The first-order valence-corrected chi connectivity index (χ1v) is 5.01. The quantitative estimate of drug-likeness (QED) is 0.551. The Kier molecular flexibility index (Phi) is 3.49. The molecule has 8 heteroatoms. The lowest BCUT2D eigenvalue weighted by Crippen LogP contribution is -2.13. The van der Waals surface area contributed by atoms with E-state index >= 15 is 0 Å². The summed E-state index contributed by atoms with van der Waals surface area (Å²) in [4.78, 5) is 11.7. The standard InChI is InChI=1S/C10H11FN6O/c1-18-10-15-8(14-9(16-10)17-12)13-7-5-3-2-4-6(7)11/h2-5H,12H2,1H3,(H2,13,14,15,16,17). The van der Waals surface area contributed by atoms with Gasteiger partial charge >= 0.3 is 6.01 Å². The first kappa shape index (κ1) is 12.0. The molecule has 0 saturated carbocycles. The Hall–Kier alpha value is -2.48. The fourth-order valence-corrected chi connectivity index (χ4v) is 1.25. The van der Waals surface area contributed by atoms with Crippen molar-refractivity contribution in [1.82, 2.24) is 15.0 Å². The lowest BCUT2D eigenvalue weighted by atomic mass is 10.3. The number of methoxy groups -OCH3 is 1. The van der Waals surface area contributed by atoms with E-state index in [9.17, 15) is 4.39 Å². The van der Waals surface area contributed by atoms with Gasteiger partial charge in [-0.1, -0.05) is 12.1 Å². The molecule has 0 bridgehead atoms. The summed E-state index contributed by atoms with van der Waals surface area (Å²) in [7, 11) is 1.41. The highest BCUT2D eigenvalue weighted by atomic mass is 19.1. The van der Waals surface area contributed by atoms with Gasteiger partial charge in [0.15, 0.2) is 0 Å². The van der Waals surface area contributed by atoms with Crippen LogP contribution in [0.5, 0.6) is 6.01 Å². The van der Waals surface area contributed by atoms with Crippen molar-refractivity contribution in [3.8, 4) is 6.01 Å². The van der Waals surface area contributed by atoms with Crippen molar-refractivity contribution >= 4 is 17.6 Å². The van der Waals surface area contributed by atoms with Crippen molar-refractivity contribution in [2.45, 2.75) is 0 Å². The third kappa shape index (κ3) is 2.61. The van der Waals surface area contributed by atoms with Crippen LogP contribution in [0, 0.1) is 5.82 Å². The monoisotopic (exact) mass is 250 g/mol. The first-order valence-electron chi connectivity index (χ1n) is 5.01. The second-order valence-electron chi connectivity index (χ2n) is 3.22. The molecule has 2 aromatic rings. The first-order chi connectivity index (χ1) is 8.72. The molecule has 2 rings (SSSR count). The third-order valence-corrected chi connectivity index (χ3v) is 2.05. The molecule has 0 aliphatic heterocycles. The average molecular weight is 250 g/mol. The van der Waals surface area contributed by atoms with Gasteiger partial charge in [-0.25, -0.2) is 10.2 Å². The molecule has 0 aliphatic carbocycles. The molecule has 1 heterocycles. The number of ether oxygens (including phenoxy) is 1. The van der Waals surface area contributed by atoms with Crippen molar-refractivity contribution in [3.05, 3.63) is 30.1 Å². The van der Waals surface area contributed by atoms with Crippen molar-refractivity contribution in [2.75, 3.05) is 17.9 Å². The van der Waals surface area contributed by atoms with Gasteiger partial charge in [-0.15, -0.1) is 0 Å². The highest BCUT2D eigenvalue weighted by Crippen LogP contribution is 2.18. The fourth-order valence-electron chi connectivity index (χ4n) is 1.25. The Morgan fingerprint density at radius 2 is 1.89 bits per heavy atom. The molecule has 0 amide bonds. The van der Waals surface area contributed by atoms with Crippen LogP contribution in [0.1, 0.15) is 0 Å². The van der Waals surface area contributed by atoms with Crippen LogP contribution in [0.15, 0.2) is 24.3 Å². The number of halogens is 1. The van der Waals surface area contributed by atoms with Gasteiger partial charge in [0.2, 0.25) is 11.9 Å². The minimum atomic E-state index is -0.417. The Balaban J connectivity index is 2.31. The number of hydrogen-bond donors (Lipinski definition) is 3. The molecule has 0 radical (unpaired) electrons. The maximum Gasteiger partial charge on any atom is 0.322 e. The molecule has 18 heavy (non-hydrogen) atoms. The Morgan fingerprint density at radius 1 is 1.17 bits per heavy atom. The summed E-state index contributed by atoms with van der Waals surface area (Å²) >= 11 is 0. The molecule has 0 saturated heterocycles. The van der Waals surface area contributed by atoms with Crippen LogP contribution in [0.2, 0.25) is 0 Å². The van der Waals surface area contributed by atoms with Crippen molar-refractivity contribution in [3.63, 3.8) is 0 Å². The predicted octanol–water partition coefficient (Wildman–Crippen LogP) is 1.05. The van der Waals surface area contributed by atoms with E-state index in [1.54, 1.807) is 18.2 Å². The number of rotatable bonds is 4. The van der Waals surface area contributed by atoms with E-state index in [4.69, 9.17) is 10.6 Å². The van der Waals surface area contributed by atoms with Crippen LogP contribution in [-0.2, 0) is 0 Å². The fraction of sp³-hybridized carbons (Fsp3) is 0.100. The number of aromatic nitrogens is 3. The summed E-state index contributed by atoms with van der Waals surface area (Å²) in [6.45, 7) is 0. The van der Waals surface area contributed by atoms with E-state index in [1.165, 1.54) is 13.2 Å². The van der Waals surface area contributed by atoms with Gasteiger partial charge < -0.3 is 10.1 Å². The van der Waals surface area contributed by atoms with Gasteiger partial charge in [-0.3, -0.25) is 5.43 Å². The summed E-state index contributed by atoms with van der Waals surface area (Å²) in [5.74, 6) is 5.02. The van der Waals surface area contributed by atoms with Crippen LogP contribution in [0.25, 0.3) is 0 Å². The summed E-state index contributed by atoms with van der Waals surface area (Å²) in [5.41, 5.74) is 2.51. The van der Waals surface area contributed by atoms with Gasteiger partial charge in [-0.2, -0.15) is 15.0 Å². The topological polar surface area (TPSA) is 98.0 Å². The van der Waals surface area contributed by atoms with E-state index in [0.717, 1.165) is 0 Å². The zero-order valence-electron chi connectivity index (χ0n) is 9.51. The molecule has 94 valence electrons. The van der Waals surface area contributed by atoms with Crippen molar-refractivity contribution in [2.24, 2.45) is 5.84 Å². The zero-order valence-corrected chi connectivity index (χ0v) is 9.51. The van der Waals surface area contributed by atoms with E-state index in [2.05, 4.69) is 25.7 Å². The number of nitrogens with two attached hydrogens (primary N) is 1. The van der Waals surface area contributed by atoms with Crippen molar-refractivity contribution in [1.29, 1.82) is 0 Å². The summed E-state index contributed by atoms with van der Waals surface area (Å²) in [6, 6.07) is 6.22. The number of nitrogen functional groups attached to an aromatic ring is 1. The van der Waals surface area contributed by atoms with Gasteiger partial charge in [0.05, 0.1) is 12.8 Å². The SMILES string of the molecule is COc1nc(NN)nc(Nc2ccccc2F)n1. The Morgan fingerprint density at radius 3 is 2.56 bits per heavy atom. The van der Waals surface area contributed by atoms with E-state index in [1.807, 2.05) is 0 Å². The molecule has 0 aliphatic rings. The molecule has 4 N–H and O–H groups in total. The van der Waals surface area contributed by atoms with Crippen LogP contribution < -0.4 is 21.3 Å². The lowest BCUT2D eigenvalue weighted by molar-refractivity contribution is 0.379. The molecule has 1 aromatic carbocycles. The van der Waals surface area contributed by atoms with E-state index in [0.29, 0.717) is 0 Å². The Bertz CT molecular complexity index is 527. The van der Waals surface area contributed by atoms with Crippen LogP contribution in [0.3, 0.4) is 0 Å². The van der Waals surface area contributed by atoms with Gasteiger partial charge in [0.1, 0.15) is 5.82 Å². The second kappa shape index (κ2) is 5.23. The molecule has 0 unspecified atom stereocenters. The van der Waals surface area contributed by atoms with Crippen molar-refractivity contribution < 1.29 is 9.13 Å². The molecule has 0 fully saturated rings. The highest BCUT2D eigenvalue weighted by Gasteiger charge is 2.08. The summed E-state index contributed by atoms with van der Waals surface area (Å²) in [5, 5.41) is 2.71. The molecular formula is C10H11FN6O. The molecular weight excluding hydrogens is 239 g/mol. The van der Waals surface area contributed by atoms with Crippen LogP contribution in [-0.4, -0.2) is 22.1 Å². The number of nitrogens with zero attached hydrogens (tertiary/aromatic N) is 3. The number of para-hydroxylation sites is 1.